The molecule has 420 valence electrons. The van der Waals surface area contributed by atoms with Gasteiger partial charge in [0.1, 0.15) is 52.6 Å². The Hall–Kier alpha value is -6.62. The lowest BCUT2D eigenvalue weighted by molar-refractivity contribution is -0.780. The quantitative estimate of drug-likeness (QED) is 0.0212. The summed E-state index contributed by atoms with van der Waals surface area (Å²) in [7, 11) is -5.12. The van der Waals surface area contributed by atoms with Gasteiger partial charge in [-0.2, -0.15) is 18.2 Å². The van der Waals surface area contributed by atoms with Gasteiger partial charge in [0, 0.05) is 24.4 Å². The molecule has 5 rings (SSSR count). The van der Waals surface area contributed by atoms with Gasteiger partial charge in [-0.3, -0.25) is 19.5 Å². The number of nitrogens with zero attached hydrogens (tertiary/aromatic N) is 6. The summed E-state index contributed by atoms with van der Waals surface area (Å²) in [6.07, 6.45) is -0.852. The molecular formula is C48H70N9O17S2+. The van der Waals surface area contributed by atoms with Gasteiger partial charge < -0.3 is 49.2 Å². The number of oxime groups is 1. The second-order valence-corrected chi connectivity index (χ2v) is 24.4. The molecule has 2 fully saturated rings. The van der Waals surface area contributed by atoms with Crippen molar-refractivity contribution in [2.24, 2.45) is 11.1 Å². The van der Waals surface area contributed by atoms with Crippen molar-refractivity contribution in [3.8, 4) is 16.9 Å². The Labute approximate surface area is 445 Å². The number of aliphatic hydroxyl groups is 1. The third-order valence-electron chi connectivity index (χ3n) is 10.5. The third-order valence-corrected chi connectivity index (χ3v) is 11.6. The van der Waals surface area contributed by atoms with Gasteiger partial charge in [0.25, 0.3) is 17.9 Å². The third kappa shape index (κ3) is 18.0. The van der Waals surface area contributed by atoms with Crippen molar-refractivity contribution in [3.05, 3.63) is 47.7 Å². The van der Waals surface area contributed by atoms with Crippen molar-refractivity contribution in [2.45, 2.75) is 156 Å². The summed E-state index contributed by atoms with van der Waals surface area (Å²) in [5.41, 5.74) is -4.10. The molecule has 2 saturated heterocycles. The van der Waals surface area contributed by atoms with Crippen molar-refractivity contribution in [2.75, 3.05) is 31.6 Å². The normalized spacial score (nSPS) is 17.1. The van der Waals surface area contributed by atoms with Crippen LogP contribution < -0.4 is 25.4 Å². The van der Waals surface area contributed by atoms with E-state index in [1.54, 1.807) is 112 Å². The number of aromatic nitrogens is 3. The fraction of sp³-hybridized carbons (Fsp3) is 0.604. The number of aliphatic hydroxyl groups excluding tert-OH is 1. The summed E-state index contributed by atoms with van der Waals surface area (Å²) in [5.74, 6) is -2.74. The number of esters is 1. The summed E-state index contributed by atoms with van der Waals surface area (Å²) in [6.45, 7) is 24.0. The highest BCUT2D eigenvalue weighted by molar-refractivity contribution is 7.80. The Bertz CT molecular complexity index is 2720. The maximum atomic E-state index is 14.0. The fourth-order valence-corrected chi connectivity index (χ4v) is 8.32. The molecule has 4 heterocycles. The van der Waals surface area contributed by atoms with Crippen LogP contribution >= 0.6 is 11.3 Å². The number of alkyl carbamates (subject to hydrolysis) is 1. The van der Waals surface area contributed by atoms with E-state index in [4.69, 9.17) is 28.5 Å². The molecule has 3 atom stereocenters. The summed E-state index contributed by atoms with van der Waals surface area (Å²) in [4.78, 5) is 89.8. The maximum Gasteiger partial charge on any atom is 0.418 e. The number of carbonyl (C=O) groups is 6. The van der Waals surface area contributed by atoms with Crippen LogP contribution in [0.5, 0.6) is 5.75 Å². The zero-order valence-corrected chi connectivity index (χ0v) is 46.7. The number of anilines is 1. The molecule has 76 heavy (non-hydrogen) atoms. The maximum absolute atomic E-state index is 14.0. The molecule has 0 aliphatic carbocycles. The van der Waals surface area contributed by atoms with E-state index in [9.17, 15) is 46.8 Å². The molecule has 5 N–H and O–H groups in total. The highest BCUT2D eigenvalue weighted by atomic mass is 32.3. The minimum absolute atomic E-state index is 0.0328. The fourth-order valence-electron chi connectivity index (χ4n) is 7.18. The van der Waals surface area contributed by atoms with Gasteiger partial charge in [0.15, 0.2) is 17.4 Å². The largest absolute Gasteiger partial charge is 0.489 e. The van der Waals surface area contributed by atoms with Crippen LogP contribution in [0.2, 0.25) is 0 Å². The van der Waals surface area contributed by atoms with Crippen molar-refractivity contribution < 1.29 is 84.3 Å². The standard InChI is InChI=1S/C48H69N9O17S2/c1-44(2,3)69-39(61)34(73-53-35(33-27-75-40(50-33)52-42(63)71-46(7,8)9)37(59)51-36-38(60)57(48(36,13)14)74-76(65,66)67)26-68-32-17-15-29(16-18-32)30-23-55(22-28-20-54(21-28)43(64)72-47(10,11)12)56(24-30)25-31(58)19-49-41(62)70-45(4,5)6/h15-18,23-24,27-28,31,34,36,58H,19-22,25-26H2,1-14H3,(H3-,49,50,51,52,59,62,63,65,66,67)/p+1/b53-35-/t31-,34-,36+/m0/s1. The van der Waals surface area contributed by atoms with Crippen LogP contribution in [-0.2, 0) is 65.9 Å². The smallest absolute Gasteiger partial charge is 0.418 e. The molecule has 0 spiro atoms. The van der Waals surface area contributed by atoms with Crippen molar-refractivity contribution in [3.63, 3.8) is 0 Å². The van der Waals surface area contributed by atoms with Crippen LogP contribution in [-0.4, -0.2) is 152 Å². The van der Waals surface area contributed by atoms with E-state index in [-0.39, 0.29) is 35.6 Å². The number of hydrogen-bond acceptors (Lipinski definition) is 19. The van der Waals surface area contributed by atoms with Crippen molar-refractivity contribution in [1.29, 1.82) is 0 Å². The number of amides is 5. The monoisotopic (exact) mass is 1110 g/mol. The number of hydroxylamine groups is 2. The summed E-state index contributed by atoms with van der Waals surface area (Å²) in [5, 5.41) is 24.2. The number of benzene rings is 1. The summed E-state index contributed by atoms with van der Waals surface area (Å²) in [6, 6.07) is 5.36. The van der Waals surface area contributed by atoms with Gasteiger partial charge in [-0.15, -0.1) is 20.3 Å². The Balaban J connectivity index is 1.37. The molecule has 26 nitrogen and oxygen atoms in total. The van der Waals surface area contributed by atoms with Crippen molar-refractivity contribution in [1.82, 2.24) is 30.3 Å². The van der Waals surface area contributed by atoms with Gasteiger partial charge >= 0.3 is 34.6 Å². The molecule has 0 saturated carbocycles. The van der Waals surface area contributed by atoms with Gasteiger partial charge in [0.05, 0.1) is 30.4 Å². The topological polar surface area (TPSA) is 318 Å². The Kier molecular flexibility index (Phi) is 18.5. The Morgan fingerprint density at radius 1 is 0.882 bits per heavy atom. The van der Waals surface area contributed by atoms with Gasteiger partial charge in [-0.1, -0.05) is 17.3 Å². The van der Waals surface area contributed by atoms with E-state index in [2.05, 4.69) is 30.4 Å². The highest BCUT2D eigenvalue weighted by Gasteiger charge is 2.58. The number of hydrogen-bond donors (Lipinski definition) is 5. The average Bonchev–Trinajstić information content (AvgIpc) is 3.86. The lowest BCUT2D eigenvalue weighted by atomic mass is 9.84. The molecule has 2 aliphatic heterocycles. The number of β-lactam (4-membered cyclic amide) rings is 1. The minimum atomic E-state index is -5.12. The van der Waals surface area contributed by atoms with Crippen LogP contribution in [0.25, 0.3) is 11.1 Å². The number of ether oxygens (including phenoxy) is 5. The van der Waals surface area contributed by atoms with E-state index in [1.165, 1.54) is 19.2 Å². The van der Waals surface area contributed by atoms with Gasteiger partial charge in [-0.05, 0) is 115 Å². The minimum Gasteiger partial charge on any atom is -0.489 e. The van der Waals surface area contributed by atoms with Crippen LogP contribution in [0.3, 0.4) is 0 Å². The second kappa shape index (κ2) is 23.3. The first kappa shape index (κ1) is 60.2. The second-order valence-electron chi connectivity index (χ2n) is 22.5. The number of thiazole rings is 1. The number of carbonyl (C=O) groups excluding carboxylic acids is 6. The molecule has 1 aromatic carbocycles. The molecule has 3 aromatic rings. The summed E-state index contributed by atoms with van der Waals surface area (Å²) < 4.78 is 68.0. The first-order valence-corrected chi connectivity index (χ1v) is 26.3. The number of nitrogens with one attached hydrogen (secondary N) is 3. The van der Waals surface area contributed by atoms with Crippen LogP contribution in [0.1, 0.15) is 103 Å². The molecule has 2 aromatic heterocycles. The Morgan fingerprint density at radius 3 is 2.04 bits per heavy atom. The zero-order chi connectivity index (χ0) is 56.9. The zero-order valence-electron chi connectivity index (χ0n) is 45.1. The van der Waals surface area contributed by atoms with Crippen LogP contribution in [0, 0.1) is 5.92 Å². The molecular weight excluding hydrogens is 1040 g/mol. The first-order valence-electron chi connectivity index (χ1n) is 24.1. The molecule has 28 heteroatoms. The van der Waals surface area contributed by atoms with E-state index < -0.39 is 105 Å². The predicted octanol–water partition coefficient (Wildman–Crippen LogP) is 4.35. The molecule has 0 radical (unpaired) electrons. The average molecular weight is 1110 g/mol. The molecule has 0 unspecified atom stereocenters. The highest BCUT2D eigenvalue weighted by Crippen LogP contribution is 2.33. The van der Waals surface area contributed by atoms with Crippen molar-refractivity contribution >= 4 is 68.6 Å². The lowest BCUT2D eigenvalue weighted by Crippen LogP contribution is -2.76. The molecule has 0 bridgehead atoms. The lowest BCUT2D eigenvalue weighted by Gasteiger charge is -2.50. The van der Waals surface area contributed by atoms with Gasteiger partial charge in [-0.25, -0.2) is 24.2 Å². The first-order chi connectivity index (χ1) is 34.8. The van der Waals surface area contributed by atoms with E-state index >= 15 is 0 Å². The number of likely N-dealkylation sites (tertiary alicyclic amines) is 1. The van der Waals surface area contributed by atoms with E-state index in [1.807, 2.05) is 21.8 Å². The number of rotatable bonds is 19. The van der Waals surface area contributed by atoms with E-state index in [0.717, 1.165) is 22.5 Å². The molecule has 2 aliphatic rings. The SMILES string of the molecule is CC(C)(C)OC(=O)NC[C@H](O)C[n+]1cc(-c2ccc(OC[C@H](O/N=C(\C(=O)N[C@@H]3C(=O)N(OS(=O)(=O)O)C3(C)C)c3csc(NC(=O)OC(C)(C)C)n3)C(=O)OC(C)(C)C)cc2)cn1CC1CN(C(=O)OC(C)(C)C)C1. The van der Waals surface area contributed by atoms with Crippen LogP contribution in [0.4, 0.5) is 19.5 Å². The molecule has 5 amide bonds. The Morgan fingerprint density at radius 2 is 1.47 bits per heavy atom. The van der Waals surface area contributed by atoms with E-state index in [0.29, 0.717) is 24.7 Å². The predicted molar refractivity (Wildman–Crippen MR) is 272 cm³/mol. The van der Waals surface area contributed by atoms with Crippen LogP contribution in [0.15, 0.2) is 47.2 Å². The van der Waals surface area contributed by atoms with Gasteiger partial charge in [0.2, 0.25) is 6.20 Å². The summed E-state index contributed by atoms with van der Waals surface area (Å²) >= 11 is 0.873.